The zero-order valence-electron chi connectivity index (χ0n) is 19.8. The maximum absolute atomic E-state index is 14.7. The van der Waals surface area contributed by atoms with Crippen LogP contribution in [-0.4, -0.2) is 31.3 Å². The van der Waals surface area contributed by atoms with Crippen molar-refractivity contribution in [3.8, 4) is 0 Å². The van der Waals surface area contributed by atoms with Gasteiger partial charge >= 0.3 is 0 Å². The number of rotatable bonds is 8. The van der Waals surface area contributed by atoms with Crippen LogP contribution in [0.3, 0.4) is 0 Å². The topological polar surface area (TPSA) is 84.5 Å². The number of halogens is 2. The van der Waals surface area contributed by atoms with E-state index in [1.807, 2.05) is 0 Å². The SMILES string of the molecule is COCc1ccc([C@H](NC(=O)[C@H]2CNC(=O)C2)C(=O)Cc2cc(F)c(C(C)(C)C)c(F)c2)cc1. The number of ketones is 1. The van der Waals surface area contributed by atoms with Crippen molar-refractivity contribution in [2.45, 2.75) is 51.7 Å². The molecule has 0 spiro atoms. The molecule has 2 aromatic rings. The Hall–Kier alpha value is -3.13. The molecular formula is C26H30F2N2O4. The molecule has 1 aliphatic heterocycles. The van der Waals surface area contributed by atoms with Crippen LogP contribution in [0.1, 0.15) is 55.5 Å². The molecule has 0 radical (unpaired) electrons. The van der Waals surface area contributed by atoms with Gasteiger partial charge in [-0.05, 0) is 34.2 Å². The molecule has 0 aromatic heterocycles. The quantitative estimate of drug-likeness (QED) is 0.616. The van der Waals surface area contributed by atoms with Gasteiger partial charge in [-0.3, -0.25) is 14.4 Å². The molecule has 1 saturated heterocycles. The zero-order valence-corrected chi connectivity index (χ0v) is 19.8. The largest absolute Gasteiger partial charge is 0.380 e. The number of Topliss-reactive ketones (excluding diaryl/α,β-unsaturated/α-hetero) is 1. The van der Waals surface area contributed by atoms with Crippen LogP contribution in [0.5, 0.6) is 0 Å². The second kappa shape index (κ2) is 10.4. The second-order valence-electron chi connectivity index (χ2n) is 9.65. The highest BCUT2D eigenvalue weighted by Gasteiger charge is 2.32. The van der Waals surface area contributed by atoms with Gasteiger partial charge in [0.1, 0.15) is 17.7 Å². The predicted octanol–water partition coefficient (Wildman–Crippen LogP) is 3.51. The third kappa shape index (κ3) is 6.05. The third-order valence-electron chi connectivity index (χ3n) is 5.81. The monoisotopic (exact) mass is 472 g/mol. The number of ether oxygens (including phenoxy) is 1. The molecule has 1 fully saturated rings. The normalized spacial score (nSPS) is 16.8. The lowest BCUT2D eigenvalue weighted by Gasteiger charge is -2.22. The van der Waals surface area contributed by atoms with E-state index in [1.54, 1.807) is 52.1 Å². The number of benzene rings is 2. The van der Waals surface area contributed by atoms with E-state index in [2.05, 4.69) is 10.6 Å². The van der Waals surface area contributed by atoms with E-state index in [9.17, 15) is 23.2 Å². The Morgan fingerprint density at radius 3 is 2.24 bits per heavy atom. The van der Waals surface area contributed by atoms with Crippen molar-refractivity contribution >= 4 is 17.6 Å². The van der Waals surface area contributed by atoms with Gasteiger partial charge in [0.25, 0.3) is 0 Å². The average molecular weight is 473 g/mol. The number of nitrogens with one attached hydrogen (secondary N) is 2. The van der Waals surface area contributed by atoms with Crippen molar-refractivity contribution in [3.63, 3.8) is 0 Å². The van der Waals surface area contributed by atoms with E-state index in [1.165, 1.54) is 12.1 Å². The lowest BCUT2D eigenvalue weighted by molar-refractivity contribution is -0.130. The molecule has 1 aliphatic rings. The Bertz CT molecular complexity index is 1050. The van der Waals surface area contributed by atoms with Crippen molar-refractivity contribution in [1.82, 2.24) is 10.6 Å². The summed E-state index contributed by atoms with van der Waals surface area (Å²) in [4.78, 5) is 37.6. The highest BCUT2D eigenvalue weighted by molar-refractivity contribution is 5.94. The first-order valence-corrected chi connectivity index (χ1v) is 11.2. The van der Waals surface area contributed by atoms with Crippen LogP contribution in [0.2, 0.25) is 0 Å². The first-order valence-electron chi connectivity index (χ1n) is 11.2. The Labute approximate surface area is 198 Å². The number of carbonyl (C=O) groups is 3. The third-order valence-corrected chi connectivity index (χ3v) is 5.81. The van der Waals surface area contributed by atoms with Crippen molar-refractivity contribution in [2.24, 2.45) is 5.92 Å². The molecule has 0 bridgehead atoms. The predicted molar refractivity (Wildman–Crippen MR) is 123 cm³/mol. The summed E-state index contributed by atoms with van der Waals surface area (Å²) < 4.78 is 34.5. The highest BCUT2D eigenvalue weighted by Crippen LogP contribution is 2.29. The molecule has 2 amide bonds. The van der Waals surface area contributed by atoms with Gasteiger partial charge in [0.15, 0.2) is 5.78 Å². The Balaban J connectivity index is 1.87. The van der Waals surface area contributed by atoms with E-state index in [-0.39, 0.29) is 36.4 Å². The minimum atomic E-state index is -1.03. The van der Waals surface area contributed by atoms with Gasteiger partial charge in [-0.1, -0.05) is 45.0 Å². The van der Waals surface area contributed by atoms with Crippen LogP contribution in [0.15, 0.2) is 36.4 Å². The maximum Gasteiger partial charge on any atom is 0.226 e. The van der Waals surface area contributed by atoms with Crippen LogP contribution in [0.4, 0.5) is 8.78 Å². The molecular weight excluding hydrogens is 442 g/mol. The Kier molecular flexibility index (Phi) is 7.82. The molecule has 182 valence electrons. The van der Waals surface area contributed by atoms with Crippen LogP contribution in [0, 0.1) is 17.6 Å². The average Bonchev–Trinajstić information content (AvgIpc) is 3.17. The summed E-state index contributed by atoms with van der Waals surface area (Å²) in [6.45, 7) is 5.71. The van der Waals surface area contributed by atoms with E-state index >= 15 is 0 Å². The van der Waals surface area contributed by atoms with Crippen molar-refractivity contribution < 1.29 is 27.9 Å². The summed E-state index contributed by atoms with van der Waals surface area (Å²) >= 11 is 0. The first kappa shape index (κ1) is 25.5. The summed E-state index contributed by atoms with van der Waals surface area (Å²) in [6, 6.07) is 8.28. The fraction of sp³-hybridized carbons (Fsp3) is 0.423. The highest BCUT2D eigenvalue weighted by atomic mass is 19.1. The molecule has 2 atom stereocenters. The molecule has 0 unspecified atom stereocenters. The van der Waals surface area contributed by atoms with E-state index in [4.69, 9.17) is 4.74 Å². The van der Waals surface area contributed by atoms with E-state index < -0.39 is 40.7 Å². The van der Waals surface area contributed by atoms with Crippen molar-refractivity contribution in [2.75, 3.05) is 13.7 Å². The molecule has 0 saturated carbocycles. The summed E-state index contributed by atoms with van der Waals surface area (Å²) in [5.41, 5.74) is 0.824. The minimum absolute atomic E-state index is 0.0410. The molecule has 1 heterocycles. The molecule has 8 heteroatoms. The molecule has 0 aliphatic carbocycles. The minimum Gasteiger partial charge on any atom is -0.380 e. The number of amides is 2. The summed E-state index contributed by atoms with van der Waals surface area (Å²) in [6.07, 6.45) is -0.227. The van der Waals surface area contributed by atoms with Gasteiger partial charge in [-0.15, -0.1) is 0 Å². The van der Waals surface area contributed by atoms with Crippen molar-refractivity contribution in [1.29, 1.82) is 0 Å². The fourth-order valence-corrected chi connectivity index (χ4v) is 4.12. The zero-order chi connectivity index (χ0) is 25.0. The molecule has 3 rings (SSSR count). The Morgan fingerprint density at radius 2 is 1.74 bits per heavy atom. The van der Waals surface area contributed by atoms with Crippen molar-refractivity contribution in [3.05, 3.63) is 70.3 Å². The molecule has 34 heavy (non-hydrogen) atoms. The lowest BCUT2D eigenvalue weighted by Crippen LogP contribution is -2.39. The van der Waals surface area contributed by atoms with Gasteiger partial charge in [0, 0.05) is 32.1 Å². The summed E-state index contributed by atoms with van der Waals surface area (Å²) in [7, 11) is 1.57. The van der Waals surface area contributed by atoms with E-state index in [0.717, 1.165) is 5.56 Å². The lowest BCUT2D eigenvalue weighted by atomic mass is 9.85. The second-order valence-corrected chi connectivity index (χ2v) is 9.65. The van der Waals surface area contributed by atoms with Crippen LogP contribution >= 0.6 is 0 Å². The first-order chi connectivity index (χ1) is 16.0. The van der Waals surface area contributed by atoms with Gasteiger partial charge in [-0.2, -0.15) is 0 Å². The van der Waals surface area contributed by atoms with Crippen LogP contribution in [-0.2, 0) is 37.6 Å². The molecule has 2 N–H and O–H groups in total. The van der Waals surface area contributed by atoms with Gasteiger partial charge in [0.2, 0.25) is 11.8 Å². The van der Waals surface area contributed by atoms with Crippen LogP contribution in [0.25, 0.3) is 0 Å². The number of hydrogen-bond acceptors (Lipinski definition) is 4. The number of methoxy groups -OCH3 is 1. The van der Waals surface area contributed by atoms with E-state index in [0.29, 0.717) is 12.2 Å². The van der Waals surface area contributed by atoms with Gasteiger partial charge < -0.3 is 15.4 Å². The standard InChI is InChI=1S/C26H30F2N2O4/c1-26(2,3)23-19(27)9-16(10-20(23)28)11-21(31)24(17-7-5-15(6-8-17)14-34-4)30-25(33)18-12-22(32)29-13-18/h5-10,18,24H,11-14H2,1-4H3,(H,29,32)(H,30,33)/t18-,24+/m1/s1. The molecule has 6 nitrogen and oxygen atoms in total. The Morgan fingerprint density at radius 1 is 1.12 bits per heavy atom. The smallest absolute Gasteiger partial charge is 0.226 e. The summed E-state index contributed by atoms with van der Waals surface area (Å²) in [5.74, 6) is -3.09. The van der Waals surface area contributed by atoms with Gasteiger partial charge in [-0.25, -0.2) is 8.78 Å². The summed E-state index contributed by atoms with van der Waals surface area (Å²) in [5, 5.41) is 5.33. The fourth-order valence-electron chi connectivity index (χ4n) is 4.12. The van der Waals surface area contributed by atoms with Gasteiger partial charge in [0.05, 0.1) is 12.5 Å². The maximum atomic E-state index is 14.7. The number of hydrogen-bond donors (Lipinski definition) is 2. The number of carbonyl (C=O) groups excluding carboxylic acids is 3. The van der Waals surface area contributed by atoms with Crippen LogP contribution < -0.4 is 10.6 Å². The molecule has 2 aromatic carbocycles.